The van der Waals surface area contributed by atoms with Crippen LogP contribution >= 0.6 is 34.8 Å². The van der Waals surface area contributed by atoms with Crippen molar-refractivity contribution in [2.75, 3.05) is 24.4 Å². The molecule has 0 heterocycles. The summed E-state index contributed by atoms with van der Waals surface area (Å²) in [6.07, 6.45) is 1.14. The molecule has 2 atom stereocenters. The fourth-order valence-corrected chi connectivity index (χ4v) is 4.65. The molecule has 3 rings (SSSR count). The fraction of sp³-hybridized carbons (Fsp3) is 0.207. The lowest BCUT2D eigenvalue weighted by Gasteiger charge is -2.38. The number of hydrogen-bond donors (Lipinski definition) is 2. The molecule has 0 aliphatic heterocycles. The Morgan fingerprint density at radius 2 is 1.65 bits per heavy atom. The Labute approximate surface area is 247 Å². The van der Waals surface area contributed by atoms with Crippen molar-refractivity contribution in [1.82, 2.24) is 0 Å². The van der Waals surface area contributed by atoms with Crippen molar-refractivity contribution < 1.29 is 28.6 Å². The number of carbonyl (C=O) groups is 3. The van der Waals surface area contributed by atoms with Crippen LogP contribution in [0.3, 0.4) is 0 Å². The van der Waals surface area contributed by atoms with Gasteiger partial charge in [-0.05, 0) is 61.0 Å². The summed E-state index contributed by atoms with van der Waals surface area (Å²) < 4.78 is 16.9. The molecule has 0 bridgehead atoms. The second-order valence-corrected chi connectivity index (χ2v) is 9.58. The monoisotopic (exact) mass is 604 g/mol. The summed E-state index contributed by atoms with van der Waals surface area (Å²) in [7, 11) is 1.17. The summed E-state index contributed by atoms with van der Waals surface area (Å²) in [6, 6.07) is 16.2. The van der Waals surface area contributed by atoms with E-state index in [2.05, 4.69) is 17.2 Å². The lowest BCUT2D eigenvalue weighted by Crippen LogP contribution is -2.57. The lowest BCUT2D eigenvalue weighted by atomic mass is 9.85. The van der Waals surface area contributed by atoms with Crippen molar-refractivity contribution in [2.24, 2.45) is 0 Å². The van der Waals surface area contributed by atoms with Crippen LogP contribution in [0.2, 0.25) is 15.1 Å². The molecular weight excluding hydrogens is 579 g/mol. The number of hydrogen-bond acceptors (Lipinski definition) is 7. The maximum atomic E-state index is 13.8. The first-order chi connectivity index (χ1) is 19.2. The summed E-state index contributed by atoms with van der Waals surface area (Å²) in [5.74, 6) is -2.13. The maximum absolute atomic E-state index is 13.8. The third-order valence-corrected chi connectivity index (χ3v) is 6.73. The van der Waals surface area contributed by atoms with Gasteiger partial charge in [-0.15, -0.1) is 0 Å². The van der Waals surface area contributed by atoms with Gasteiger partial charge in [0.1, 0.15) is 0 Å². The highest BCUT2D eigenvalue weighted by atomic mass is 35.5. The Kier molecular flexibility index (Phi) is 11.0. The van der Waals surface area contributed by atoms with Gasteiger partial charge in [0.05, 0.1) is 20.3 Å². The van der Waals surface area contributed by atoms with E-state index in [4.69, 9.17) is 49.0 Å². The van der Waals surface area contributed by atoms with E-state index in [0.717, 1.165) is 6.08 Å². The molecule has 2 N–H and O–H groups in total. The van der Waals surface area contributed by atoms with Crippen LogP contribution in [0, 0.1) is 0 Å². The quantitative estimate of drug-likeness (QED) is 0.182. The van der Waals surface area contributed by atoms with E-state index in [9.17, 15) is 14.4 Å². The van der Waals surface area contributed by atoms with Crippen LogP contribution in [-0.2, 0) is 40.8 Å². The van der Waals surface area contributed by atoms with Crippen molar-refractivity contribution in [3.8, 4) is 0 Å². The van der Waals surface area contributed by atoms with Crippen molar-refractivity contribution in [3.63, 3.8) is 0 Å². The summed E-state index contributed by atoms with van der Waals surface area (Å²) in [6.45, 7) is 4.88. The SMILES string of the molecule is C=CC(=O)Nc1ccc(NC(C(=O)OCC)C(OCc2ccccc2Cl)(C(=O)OC)c2ccc(Cl)cc2Cl)cc1. The Morgan fingerprint density at radius 1 is 0.975 bits per heavy atom. The van der Waals surface area contributed by atoms with E-state index in [1.54, 1.807) is 55.5 Å². The molecule has 3 aromatic carbocycles. The minimum Gasteiger partial charge on any atom is -0.467 e. The number of rotatable bonds is 12. The smallest absolute Gasteiger partial charge is 0.345 e. The number of carbonyl (C=O) groups excluding carboxylic acids is 3. The van der Waals surface area contributed by atoms with Crippen LogP contribution in [0.15, 0.2) is 79.4 Å². The number of benzene rings is 3. The normalized spacial score (nSPS) is 12.9. The van der Waals surface area contributed by atoms with E-state index in [0.29, 0.717) is 27.0 Å². The molecule has 0 fully saturated rings. The average Bonchev–Trinajstić information content (AvgIpc) is 2.94. The highest BCUT2D eigenvalue weighted by Gasteiger charge is 2.55. The fourth-order valence-electron chi connectivity index (χ4n) is 3.91. The number of anilines is 2. The zero-order valence-corrected chi connectivity index (χ0v) is 24.0. The van der Waals surface area contributed by atoms with Crippen molar-refractivity contribution in [1.29, 1.82) is 0 Å². The van der Waals surface area contributed by atoms with Gasteiger partial charge >= 0.3 is 11.9 Å². The van der Waals surface area contributed by atoms with Gasteiger partial charge < -0.3 is 24.8 Å². The second-order valence-electron chi connectivity index (χ2n) is 8.33. The topological polar surface area (TPSA) is 103 Å². The predicted octanol–water partition coefficient (Wildman–Crippen LogP) is 6.40. The molecule has 0 spiro atoms. The number of nitrogens with one attached hydrogen (secondary N) is 2. The molecule has 0 aromatic heterocycles. The van der Waals surface area contributed by atoms with Crippen molar-refractivity contribution >= 4 is 64.0 Å². The van der Waals surface area contributed by atoms with Crippen LogP contribution < -0.4 is 10.6 Å². The number of ether oxygens (including phenoxy) is 3. The van der Waals surface area contributed by atoms with Gasteiger partial charge in [0.2, 0.25) is 11.5 Å². The molecule has 8 nitrogen and oxygen atoms in total. The first kappa shape index (κ1) is 31.0. The molecule has 40 heavy (non-hydrogen) atoms. The third-order valence-electron chi connectivity index (χ3n) is 5.81. The van der Waals surface area contributed by atoms with Gasteiger partial charge in [-0.3, -0.25) is 4.79 Å². The summed E-state index contributed by atoms with van der Waals surface area (Å²) in [5.41, 5.74) is -0.629. The third kappa shape index (κ3) is 7.14. The highest BCUT2D eigenvalue weighted by Crippen LogP contribution is 2.40. The Balaban J connectivity index is 2.19. The van der Waals surface area contributed by atoms with E-state index in [1.807, 2.05) is 0 Å². The maximum Gasteiger partial charge on any atom is 0.345 e. The number of halogens is 3. The number of methoxy groups -OCH3 is 1. The molecule has 210 valence electrons. The standard InChI is InChI=1S/C29H27Cl3N2O6/c1-4-25(35)33-20-11-13-21(14-12-20)34-26(27(36)39-5-2)29(28(37)38-3,22-15-10-19(30)16-24(22)32)40-17-18-8-6-7-9-23(18)31/h4,6-16,26,34H,1,5,17H2,2-3H3,(H,33,35). The molecular formula is C29H27Cl3N2O6. The molecule has 0 saturated heterocycles. The van der Waals surface area contributed by atoms with E-state index >= 15 is 0 Å². The van der Waals surface area contributed by atoms with E-state index < -0.39 is 23.6 Å². The van der Waals surface area contributed by atoms with Crippen LogP contribution in [0.5, 0.6) is 0 Å². The summed E-state index contributed by atoms with van der Waals surface area (Å²) >= 11 is 19.1. The minimum absolute atomic E-state index is 0.0135. The van der Waals surface area contributed by atoms with E-state index in [-0.39, 0.29) is 29.7 Å². The molecule has 2 unspecified atom stereocenters. The highest BCUT2D eigenvalue weighted by molar-refractivity contribution is 6.35. The Bertz CT molecular complexity index is 1380. The lowest BCUT2D eigenvalue weighted by molar-refractivity contribution is -0.183. The number of amides is 1. The van der Waals surface area contributed by atoms with Gasteiger partial charge in [0.25, 0.3) is 0 Å². The molecule has 11 heteroatoms. The van der Waals surface area contributed by atoms with Gasteiger partial charge in [0, 0.05) is 32.0 Å². The van der Waals surface area contributed by atoms with Gasteiger partial charge in [-0.25, -0.2) is 9.59 Å². The van der Waals surface area contributed by atoms with Crippen molar-refractivity contribution in [2.45, 2.75) is 25.2 Å². The molecule has 0 saturated carbocycles. The minimum atomic E-state index is -2.17. The zero-order valence-electron chi connectivity index (χ0n) is 21.7. The van der Waals surface area contributed by atoms with Gasteiger partial charge in [-0.2, -0.15) is 0 Å². The van der Waals surface area contributed by atoms with Crippen LogP contribution in [0.4, 0.5) is 11.4 Å². The molecule has 0 aliphatic carbocycles. The van der Waals surface area contributed by atoms with Gasteiger partial charge in [0.15, 0.2) is 6.04 Å². The first-order valence-electron chi connectivity index (χ1n) is 12.0. The summed E-state index contributed by atoms with van der Waals surface area (Å²) in [4.78, 5) is 39.0. The van der Waals surface area contributed by atoms with Crippen LogP contribution in [0.25, 0.3) is 0 Å². The molecule has 0 radical (unpaired) electrons. The van der Waals surface area contributed by atoms with Gasteiger partial charge in [-0.1, -0.05) is 65.6 Å². The van der Waals surface area contributed by atoms with Crippen molar-refractivity contribution in [3.05, 3.63) is 106 Å². The van der Waals surface area contributed by atoms with Crippen LogP contribution in [-0.4, -0.2) is 37.6 Å². The van der Waals surface area contributed by atoms with E-state index in [1.165, 1.54) is 25.3 Å². The first-order valence-corrected chi connectivity index (χ1v) is 13.2. The zero-order chi connectivity index (χ0) is 29.3. The second kappa shape index (κ2) is 14.2. The Hall–Kier alpha value is -3.56. The molecule has 3 aromatic rings. The predicted molar refractivity (Wildman–Crippen MR) is 156 cm³/mol. The Morgan fingerprint density at radius 3 is 2.25 bits per heavy atom. The van der Waals surface area contributed by atoms with Crippen LogP contribution in [0.1, 0.15) is 18.1 Å². The average molecular weight is 606 g/mol. The summed E-state index contributed by atoms with van der Waals surface area (Å²) in [5, 5.41) is 6.43. The number of esters is 2. The largest absolute Gasteiger partial charge is 0.467 e. The molecule has 0 aliphatic rings. The molecule has 1 amide bonds.